The molecule has 0 saturated carbocycles. The fraction of sp³-hybridized carbons (Fsp3) is 0.500. The number of rotatable bonds is 3. The molecule has 0 aromatic carbocycles. The van der Waals surface area contributed by atoms with Crippen molar-refractivity contribution in [3.8, 4) is 0 Å². The molecule has 1 saturated heterocycles. The molecule has 7 heteroatoms. The summed E-state index contributed by atoms with van der Waals surface area (Å²) >= 11 is 5.77. The number of carbonyl (C=O) groups is 1. The van der Waals surface area contributed by atoms with Crippen LogP contribution in [0.4, 0.5) is 5.82 Å². The summed E-state index contributed by atoms with van der Waals surface area (Å²) in [7, 11) is 0. The second-order valence-corrected chi connectivity index (χ2v) is 4.11. The lowest BCUT2D eigenvalue weighted by molar-refractivity contribution is -0.138. The van der Waals surface area contributed by atoms with Crippen molar-refractivity contribution < 1.29 is 14.6 Å². The lowest BCUT2D eigenvalue weighted by atomic mass is 10.1. The Labute approximate surface area is 103 Å². The second-order valence-electron chi connectivity index (χ2n) is 3.72. The first kappa shape index (κ1) is 12.1. The standard InChI is InChI=1S/C10H12ClN3O3/c11-8-4-12-5-9(13-8)14-1-2-17-6-7(14)3-10(15)16/h4-5,7H,1-3,6H2,(H,15,16). The Kier molecular flexibility index (Phi) is 3.75. The number of hydrogen-bond acceptors (Lipinski definition) is 5. The van der Waals surface area contributed by atoms with Crippen molar-refractivity contribution in [3.05, 3.63) is 17.5 Å². The van der Waals surface area contributed by atoms with E-state index in [9.17, 15) is 4.79 Å². The smallest absolute Gasteiger partial charge is 0.305 e. The number of aliphatic carboxylic acids is 1. The van der Waals surface area contributed by atoms with Gasteiger partial charge in [-0.05, 0) is 0 Å². The molecule has 0 radical (unpaired) electrons. The summed E-state index contributed by atoms with van der Waals surface area (Å²) in [6.07, 6.45) is 3.03. The van der Waals surface area contributed by atoms with Crippen LogP contribution in [0.2, 0.25) is 5.15 Å². The van der Waals surface area contributed by atoms with E-state index in [1.807, 2.05) is 4.90 Å². The molecule has 0 bridgehead atoms. The van der Waals surface area contributed by atoms with Crippen LogP contribution in [0.3, 0.4) is 0 Å². The van der Waals surface area contributed by atoms with Gasteiger partial charge in [-0.25, -0.2) is 4.98 Å². The third-order valence-electron chi connectivity index (χ3n) is 2.52. The van der Waals surface area contributed by atoms with Gasteiger partial charge in [0.05, 0.1) is 38.1 Å². The van der Waals surface area contributed by atoms with E-state index in [2.05, 4.69) is 9.97 Å². The van der Waals surface area contributed by atoms with Crippen LogP contribution in [0.15, 0.2) is 12.4 Å². The molecule has 1 N–H and O–H groups in total. The van der Waals surface area contributed by atoms with Crippen LogP contribution in [-0.4, -0.2) is 46.8 Å². The molecular weight excluding hydrogens is 246 g/mol. The van der Waals surface area contributed by atoms with Crippen molar-refractivity contribution in [2.24, 2.45) is 0 Å². The third kappa shape index (κ3) is 3.04. The minimum atomic E-state index is -0.861. The number of ether oxygens (including phenoxy) is 1. The van der Waals surface area contributed by atoms with E-state index in [0.717, 1.165) is 0 Å². The van der Waals surface area contributed by atoms with E-state index in [1.165, 1.54) is 6.20 Å². The molecule has 1 aliphatic rings. The SMILES string of the molecule is O=C(O)CC1COCCN1c1cncc(Cl)n1. The lowest BCUT2D eigenvalue weighted by Crippen LogP contribution is -2.47. The molecule has 1 fully saturated rings. The van der Waals surface area contributed by atoms with Crippen LogP contribution in [0.5, 0.6) is 0 Å². The predicted molar refractivity (Wildman–Crippen MR) is 61.2 cm³/mol. The van der Waals surface area contributed by atoms with Gasteiger partial charge in [-0.3, -0.25) is 9.78 Å². The highest BCUT2D eigenvalue weighted by molar-refractivity contribution is 6.29. The molecule has 1 atom stereocenters. The van der Waals surface area contributed by atoms with E-state index in [4.69, 9.17) is 21.4 Å². The van der Waals surface area contributed by atoms with Gasteiger partial charge >= 0.3 is 5.97 Å². The van der Waals surface area contributed by atoms with Gasteiger partial charge in [0.25, 0.3) is 0 Å². The summed E-state index contributed by atoms with van der Waals surface area (Å²) in [5.41, 5.74) is 0. The molecule has 2 heterocycles. The summed E-state index contributed by atoms with van der Waals surface area (Å²) in [6, 6.07) is -0.228. The lowest BCUT2D eigenvalue weighted by Gasteiger charge is -2.35. The van der Waals surface area contributed by atoms with E-state index in [0.29, 0.717) is 30.7 Å². The third-order valence-corrected chi connectivity index (χ3v) is 2.71. The van der Waals surface area contributed by atoms with Crippen LogP contribution >= 0.6 is 11.6 Å². The normalized spacial score (nSPS) is 20.3. The first-order chi connectivity index (χ1) is 8.16. The molecule has 1 unspecified atom stereocenters. The minimum absolute atomic E-state index is 0.00813. The van der Waals surface area contributed by atoms with Gasteiger partial charge < -0.3 is 14.7 Å². The van der Waals surface area contributed by atoms with Crippen LogP contribution in [0.1, 0.15) is 6.42 Å². The number of carboxylic acids is 1. The fourth-order valence-corrected chi connectivity index (χ4v) is 1.94. The first-order valence-corrected chi connectivity index (χ1v) is 5.58. The van der Waals surface area contributed by atoms with E-state index < -0.39 is 5.97 Å². The fourth-order valence-electron chi connectivity index (χ4n) is 1.80. The van der Waals surface area contributed by atoms with Gasteiger partial charge in [0.1, 0.15) is 11.0 Å². The maximum absolute atomic E-state index is 10.8. The Morgan fingerprint density at radius 1 is 1.65 bits per heavy atom. The number of nitrogens with zero attached hydrogens (tertiary/aromatic N) is 3. The highest BCUT2D eigenvalue weighted by Gasteiger charge is 2.26. The van der Waals surface area contributed by atoms with Crippen LogP contribution in [-0.2, 0) is 9.53 Å². The van der Waals surface area contributed by atoms with E-state index >= 15 is 0 Å². The second kappa shape index (κ2) is 5.29. The molecule has 0 aliphatic carbocycles. The molecule has 17 heavy (non-hydrogen) atoms. The summed E-state index contributed by atoms with van der Waals surface area (Å²) in [4.78, 5) is 20.7. The predicted octanol–water partition coefficient (Wildman–Crippen LogP) is 0.810. The zero-order chi connectivity index (χ0) is 12.3. The zero-order valence-corrected chi connectivity index (χ0v) is 9.80. The molecule has 2 rings (SSSR count). The summed E-state index contributed by atoms with van der Waals surface area (Å²) in [5, 5.41) is 9.14. The molecule has 92 valence electrons. The topological polar surface area (TPSA) is 75.6 Å². The maximum atomic E-state index is 10.8. The number of anilines is 1. The average Bonchev–Trinajstić information content (AvgIpc) is 2.29. The highest BCUT2D eigenvalue weighted by atomic mass is 35.5. The monoisotopic (exact) mass is 257 g/mol. The van der Waals surface area contributed by atoms with Crippen molar-refractivity contribution in [1.82, 2.24) is 9.97 Å². The average molecular weight is 258 g/mol. The van der Waals surface area contributed by atoms with Crippen molar-refractivity contribution in [1.29, 1.82) is 0 Å². The van der Waals surface area contributed by atoms with Gasteiger partial charge in [0.2, 0.25) is 0 Å². The molecule has 1 aliphatic heterocycles. The first-order valence-electron chi connectivity index (χ1n) is 5.20. The molecule has 0 spiro atoms. The van der Waals surface area contributed by atoms with Crippen LogP contribution in [0, 0.1) is 0 Å². The van der Waals surface area contributed by atoms with Gasteiger partial charge in [-0.2, -0.15) is 0 Å². The zero-order valence-electron chi connectivity index (χ0n) is 9.04. The Bertz CT molecular complexity index is 416. The van der Waals surface area contributed by atoms with Gasteiger partial charge in [0.15, 0.2) is 0 Å². The molecule has 0 amide bonds. The van der Waals surface area contributed by atoms with Crippen molar-refractivity contribution >= 4 is 23.4 Å². The largest absolute Gasteiger partial charge is 0.481 e. The summed E-state index contributed by atoms with van der Waals surface area (Å²) < 4.78 is 5.28. The Balaban J connectivity index is 2.18. The van der Waals surface area contributed by atoms with E-state index in [1.54, 1.807) is 6.20 Å². The maximum Gasteiger partial charge on any atom is 0.305 e. The van der Waals surface area contributed by atoms with Gasteiger partial charge in [-0.1, -0.05) is 11.6 Å². The van der Waals surface area contributed by atoms with Crippen LogP contribution in [0.25, 0.3) is 0 Å². The number of morpholine rings is 1. The Morgan fingerprint density at radius 2 is 2.47 bits per heavy atom. The molecule has 6 nitrogen and oxygen atoms in total. The quantitative estimate of drug-likeness (QED) is 0.864. The number of aromatic nitrogens is 2. The van der Waals surface area contributed by atoms with Crippen molar-refractivity contribution in [2.75, 3.05) is 24.7 Å². The summed E-state index contributed by atoms with van der Waals surface area (Å²) in [6.45, 7) is 1.51. The van der Waals surface area contributed by atoms with Crippen molar-refractivity contribution in [3.63, 3.8) is 0 Å². The molecule has 1 aromatic heterocycles. The van der Waals surface area contributed by atoms with Crippen molar-refractivity contribution in [2.45, 2.75) is 12.5 Å². The Morgan fingerprint density at radius 3 is 3.18 bits per heavy atom. The molecular formula is C10H12ClN3O3. The van der Waals surface area contributed by atoms with Crippen LogP contribution < -0.4 is 4.90 Å². The van der Waals surface area contributed by atoms with Gasteiger partial charge in [0, 0.05) is 6.54 Å². The molecule has 1 aromatic rings. The number of halogens is 1. The minimum Gasteiger partial charge on any atom is -0.481 e. The van der Waals surface area contributed by atoms with Gasteiger partial charge in [-0.15, -0.1) is 0 Å². The number of hydrogen-bond donors (Lipinski definition) is 1. The Hall–Kier alpha value is -1.40. The summed E-state index contributed by atoms with van der Waals surface area (Å²) in [5.74, 6) is -0.271. The highest BCUT2D eigenvalue weighted by Crippen LogP contribution is 2.19. The number of carboxylic acid groups (broad SMARTS) is 1. The van der Waals surface area contributed by atoms with E-state index in [-0.39, 0.29) is 12.5 Å².